The first-order chi connectivity index (χ1) is 12.0. The molecule has 0 aliphatic rings. The SMILES string of the molecule is CC(C)NC(=O)CNC(=O)COC(=O)c1cccc(S(=O)(=O)N(C)C)c1. The zero-order chi connectivity index (χ0) is 19.9. The van der Waals surface area contributed by atoms with E-state index in [1.807, 2.05) is 0 Å². The molecule has 0 heterocycles. The van der Waals surface area contributed by atoms with E-state index < -0.39 is 28.5 Å². The molecule has 10 heteroatoms. The van der Waals surface area contributed by atoms with Gasteiger partial charge in [-0.15, -0.1) is 0 Å². The molecule has 0 fully saturated rings. The molecular weight excluding hydrogens is 362 g/mol. The van der Waals surface area contributed by atoms with Gasteiger partial charge in [0.2, 0.25) is 15.9 Å². The Balaban J connectivity index is 2.61. The van der Waals surface area contributed by atoms with Crippen LogP contribution in [0.3, 0.4) is 0 Å². The van der Waals surface area contributed by atoms with E-state index in [0.29, 0.717) is 0 Å². The Kier molecular flexibility index (Phi) is 7.72. The Labute approximate surface area is 152 Å². The average Bonchev–Trinajstić information content (AvgIpc) is 2.57. The average molecular weight is 385 g/mol. The fourth-order valence-corrected chi connectivity index (χ4v) is 2.76. The summed E-state index contributed by atoms with van der Waals surface area (Å²) in [6.07, 6.45) is 0. The first-order valence-corrected chi connectivity index (χ1v) is 9.24. The Hall–Kier alpha value is -2.46. The number of carbonyl (C=O) groups excluding carboxylic acids is 3. The van der Waals surface area contributed by atoms with Crippen LogP contribution < -0.4 is 10.6 Å². The molecule has 144 valence electrons. The highest BCUT2D eigenvalue weighted by Crippen LogP contribution is 2.15. The van der Waals surface area contributed by atoms with Crippen LogP contribution in [0.5, 0.6) is 0 Å². The predicted molar refractivity (Wildman–Crippen MR) is 93.9 cm³/mol. The Morgan fingerprint density at radius 1 is 1.15 bits per heavy atom. The highest BCUT2D eigenvalue weighted by molar-refractivity contribution is 7.89. The minimum atomic E-state index is -3.69. The summed E-state index contributed by atoms with van der Waals surface area (Å²) in [5.41, 5.74) is -0.00160. The summed E-state index contributed by atoms with van der Waals surface area (Å²) in [6.45, 7) is 2.75. The molecule has 1 aromatic carbocycles. The number of ether oxygens (including phenoxy) is 1. The van der Waals surface area contributed by atoms with E-state index in [0.717, 1.165) is 4.31 Å². The van der Waals surface area contributed by atoms with Gasteiger partial charge in [-0.2, -0.15) is 0 Å². The van der Waals surface area contributed by atoms with Crippen LogP contribution in [0.4, 0.5) is 0 Å². The van der Waals surface area contributed by atoms with Crippen LogP contribution in [0, 0.1) is 0 Å². The molecule has 0 atom stereocenters. The lowest BCUT2D eigenvalue weighted by molar-refractivity contribution is -0.128. The summed E-state index contributed by atoms with van der Waals surface area (Å²) < 4.78 is 30.0. The first kappa shape index (κ1) is 21.6. The summed E-state index contributed by atoms with van der Waals surface area (Å²) in [4.78, 5) is 35.0. The third kappa shape index (κ3) is 6.45. The number of carbonyl (C=O) groups is 3. The van der Waals surface area contributed by atoms with Gasteiger partial charge in [-0.1, -0.05) is 6.07 Å². The summed E-state index contributed by atoms with van der Waals surface area (Å²) in [7, 11) is -0.940. The van der Waals surface area contributed by atoms with Gasteiger partial charge >= 0.3 is 5.97 Å². The number of nitrogens with zero attached hydrogens (tertiary/aromatic N) is 1. The molecule has 0 aliphatic carbocycles. The number of hydrogen-bond donors (Lipinski definition) is 2. The number of hydrogen-bond acceptors (Lipinski definition) is 6. The van der Waals surface area contributed by atoms with Gasteiger partial charge in [-0.05, 0) is 32.0 Å². The number of rotatable bonds is 8. The van der Waals surface area contributed by atoms with Crippen LogP contribution in [0.2, 0.25) is 0 Å². The number of nitrogens with one attached hydrogen (secondary N) is 2. The zero-order valence-electron chi connectivity index (χ0n) is 15.1. The summed E-state index contributed by atoms with van der Waals surface area (Å²) >= 11 is 0. The van der Waals surface area contributed by atoms with Gasteiger partial charge < -0.3 is 15.4 Å². The van der Waals surface area contributed by atoms with E-state index in [1.165, 1.54) is 38.4 Å². The molecule has 0 radical (unpaired) electrons. The maximum absolute atomic E-state index is 12.1. The van der Waals surface area contributed by atoms with Crippen molar-refractivity contribution in [1.82, 2.24) is 14.9 Å². The highest BCUT2D eigenvalue weighted by atomic mass is 32.2. The van der Waals surface area contributed by atoms with Gasteiger partial charge in [0.25, 0.3) is 5.91 Å². The van der Waals surface area contributed by atoms with Crippen molar-refractivity contribution >= 4 is 27.8 Å². The van der Waals surface area contributed by atoms with Gasteiger partial charge in [0.1, 0.15) is 0 Å². The highest BCUT2D eigenvalue weighted by Gasteiger charge is 2.19. The van der Waals surface area contributed by atoms with E-state index >= 15 is 0 Å². The van der Waals surface area contributed by atoms with E-state index in [2.05, 4.69) is 10.6 Å². The molecule has 26 heavy (non-hydrogen) atoms. The third-order valence-electron chi connectivity index (χ3n) is 3.08. The van der Waals surface area contributed by atoms with E-state index in [9.17, 15) is 22.8 Å². The van der Waals surface area contributed by atoms with Crippen molar-refractivity contribution in [3.05, 3.63) is 29.8 Å². The molecule has 0 saturated heterocycles. The molecule has 0 bridgehead atoms. The van der Waals surface area contributed by atoms with Crippen LogP contribution in [-0.4, -0.2) is 63.8 Å². The van der Waals surface area contributed by atoms with Crippen molar-refractivity contribution in [3.8, 4) is 0 Å². The van der Waals surface area contributed by atoms with E-state index in [4.69, 9.17) is 4.74 Å². The molecule has 0 unspecified atom stereocenters. The smallest absolute Gasteiger partial charge is 0.338 e. The van der Waals surface area contributed by atoms with E-state index in [-0.39, 0.29) is 29.0 Å². The second-order valence-electron chi connectivity index (χ2n) is 5.89. The molecule has 0 saturated carbocycles. The zero-order valence-corrected chi connectivity index (χ0v) is 15.9. The molecule has 2 N–H and O–H groups in total. The molecule has 2 amide bonds. The fourth-order valence-electron chi connectivity index (χ4n) is 1.81. The molecule has 9 nitrogen and oxygen atoms in total. The van der Waals surface area contributed by atoms with Crippen molar-refractivity contribution in [2.45, 2.75) is 24.8 Å². The van der Waals surface area contributed by atoms with Gasteiger partial charge in [-0.25, -0.2) is 17.5 Å². The van der Waals surface area contributed by atoms with Crippen molar-refractivity contribution in [1.29, 1.82) is 0 Å². The van der Waals surface area contributed by atoms with Crippen molar-refractivity contribution in [2.24, 2.45) is 0 Å². The van der Waals surface area contributed by atoms with Gasteiger partial charge in [0.15, 0.2) is 6.61 Å². The monoisotopic (exact) mass is 385 g/mol. The number of amides is 2. The molecule has 0 spiro atoms. The molecule has 1 aromatic rings. The predicted octanol–water partition coefficient (Wildman–Crippen LogP) is -0.265. The first-order valence-electron chi connectivity index (χ1n) is 7.80. The van der Waals surface area contributed by atoms with Crippen LogP contribution in [-0.2, 0) is 24.3 Å². The van der Waals surface area contributed by atoms with Crippen LogP contribution >= 0.6 is 0 Å². The van der Waals surface area contributed by atoms with Crippen LogP contribution in [0.25, 0.3) is 0 Å². The van der Waals surface area contributed by atoms with Crippen molar-refractivity contribution < 1.29 is 27.5 Å². The quantitative estimate of drug-likeness (QED) is 0.594. The largest absolute Gasteiger partial charge is 0.452 e. The second-order valence-corrected chi connectivity index (χ2v) is 8.04. The Bertz CT molecular complexity index is 774. The van der Waals surface area contributed by atoms with Gasteiger partial charge in [-0.3, -0.25) is 9.59 Å². The van der Waals surface area contributed by atoms with Crippen molar-refractivity contribution in [3.63, 3.8) is 0 Å². The van der Waals surface area contributed by atoms with Crippen molar-refractivity contribution in [2.75, 3.05) is 27.2 Å². The van der Waals surface area contributed by atoms with Gasteiger partial charge in [0, 0.05) is 20.1 Å². The summed E-state index contributed by atoms with van der Waals surface area (Å²) in [5, 5.41) is 4.91. The van der Waals surface area contributed by atoms with Crippen LogP contribution in [0.1, 0.15) is 24.2 Å². The minimum Gasteiger partial charge on any atom is -0.452 e. The minimum absolute atomic E-state index is 0.00160. The summed E-state index contributed by atoms with van der Waals surface area (Å²) in [5.74, 6) is -1.85. The maximum Gasteiger partial charge on any atom is 0.338 e. The molecule has 0 aliphatic heterocycles. The Morgan fingerprint density at radius 3 is 2.38 bits per heavy atom. The standard InChI is InChI=1S/C16H23N3O6S/c1-11(2)18-14(20)9-17-15(21)10-25-16(22)12-6-5-7-13(8-12)26(23,24)19(3)4/h5-8,11H,9-10H2,1-4H3,(H,17,21)(H,18,20). The maximum atomic E-state index is 12.1. The number of esters is 1. The molecule has 0 aromatic heterocycles. The van der Waals surface area contributed by atoms with Crippen LogP contribution in [0.15, 0.2) is 29.2 Å². The number of benzene rings is 1. The fraction of sp³-hybridized carbons (Fsp3) is 0.438. The lowest BCUT2D eigenvalue weighted by Gasteiger charge is -2.12. The number of sulfonamides is 1. The van der Waals surface area contributed by atoms with Gasteiger partial charge in [0.05, 0.1) is 17.0 Å². The van der Waals surface area contributed by atoms with E-state index in [1.54, 1.807) is 13.8 Å². The lowest BCUT2D eigenvalue weighted by Crippen LogP contribution is -2.41. The topological polar surface area (TPSA) is 122 Å². The Morgan fingerprint density at radius 2 is 1.81 bits per heavy atom. The summed E-state index contributed by atoms with van der Waals surface area (Å²) in [6, 6.07) is 5.26. The normalized spacial score (nSPS) is 11.3. The lowest BCUT2D eigenvalue weighted by atomic mass is 10.2. The second kappa shape index (κ2) is 9.30. The molecule has 1 rings (SSSR count). The molecular formula is C16H23N3O6S. The third-order valence-corrected chi connectivity index (χ3v) is 4.89.